The fourth-order valence-electron chi connectivity index (χ4n) is 1.84. The van der Waals surface area contributed by atoms with E-state index in [4.69, 9.17) is 15.9 Å². The Morgan fingerprint density at radius 2 is 2.05 bits per heavy atom. The van der Waals surface area contributed by atoms with Crippen molar-refractivity contribution in [2.75, 3.05) is 19.8 Å². The maximum atomic E-state index is 11.9. The van der Waals surface area contributed by atoms with Crippen molar-refractivity contribution in [3.05, 3.63) is 23.8 Å². The number of hydrogen-bond donors (Lipinski definition) is 1. The zero-order valence-electron chi connectivity index (χ0n) is 10.8. The Morgan fingerprint density at radius 1 is 1.26 bits per heavy atom. The Labute approximate surface area is 113 Å². The lowest BCUT2D eigenvalue weighted by Crippen LogP contribution is -2.24. The van der Waals surface area contributed by atoms with Gasteiger partial charge in [0, 0.05) is 18.5 Å². The molecule has 4 heteroatoms. The molecule has 100 valence electrons. The first-order valence-electron chi connectivity index (χ1n) is 6.42. The van der Waals surface area contributed by atoms with Gasteiger partial charge in [-0.2, -0.15) is 0 Å². The van der Waals surface area contributed by atoms with Crippen molar-refractivity contribution in [2.24, 2.45) is 0 Å². The van der Waals surface area contributed by atoms with E-state index in [1.54, 1.807) is 18.2 Å². The molecule has 0 spiro atoms. The molecule has 2 rings (SSSR count). The summed E-state index contributed by atoms with van der Waals surface area (Å²) in [7, 11) is 0. The largest absolute Gasteiger partial charge is 0.486 e. The van der Waals surface area contributed by atoms with E-state index < -0.39 is 0 Å². The van der Waals surface area contributed by atoms with E-state index in [2.05, 4.69) is 11.2 Å². The third kappa shape index (κ3) is 3.65. The first-order valence-corrected chi connectivity index (χ1v) is 6.42. The van der Waals surface area contributed by atoms with Crippen molar-refractivity contribution in [1.29, 1.82) is 0 Å². The summed E-state index contributed by atoms with van der Waals surface area (Å²) in [5, 5.41) is 2.86. The second kappa shape index (κ2) is 6.69. The number of fused-ring (bicyclic) bond motifs is 1. The van der Waals surface area contributed by atoms with Gasteiger partial charge < -0.3 is 14.8 Å². The lowest BCUT2D eigenvalue weighted by molar-refractivity contribution is 0.0952. The van der Waals surface area contributed by atoms with Crippen LogP contribution in [0.1, 0.15) is 29.6 Å². The van der Waals surface area contributed by atoms with E-state index in [1.807, 2.05) is 0 Å². The average Bonchev–Trinajstić information content (AvgIpc) is 2.46. The van der Waals surface area contributed by atoms with E-state index in [9.17, 15) is 4.79 Å². The molecular weight excluding hydrogens is 242 g/mol. The van der Waals surface area contributed by atoms with E-state index >= 15 is 0 Å². The van der Waals surface area contributed by atoms with Crippen molar-refractivity contribution < 1.29 is 14.3 Å². The number of carbonyl (C=O) groups excluding carboxylic acids is 1. The third-order valence-electron chi connectivity index (χ3n) is 2.84. The molecule has 1 heterocycles. The van der Waals surface area contributed by atoms with Crippen LogP contribution in [0.2, 0.25) is 0 Å². The van der Waals surface area contributed by atoms with E-state index in [-0.39, 0.29) is 5.91 Å². The molecule has 0 saturated carbocycles. The Balaban J connectivity index is 1.87. The molecule has 1 aliphatic rings. The lowest BCUT2D eigenvalue weighted by Gasteiger charge is -2.18. The highest BCUT2D eigenvalue weighted by Gasteiger charge is 2.14. The zero-order chi connectivity index (χ0) is 13.5. The van der Waals surface area contributed by atoms with Crippen LogP contribution in [0.25, 0.3) is 0 Å². The van der Waals surface area contributed by atoms with Crippen LogP contribution in [-0.2, 0) is 0 Å². The first-order chi connectivity index (χ1) is 9.31. The predicted molar refractivity (Wildman–Crippen MR) is 72.4 cm³/mol. The van der Waals surface area contributed by atoms with Gasteiger partial charge in [-0.15, -0.1) is 12.3 Å². The number of amides is 1. The Bertz CT molecular complexity index is 491. The molecule has 0 atom stereocenters. The molecule has 0 aromatic heterocycles. The van der Waals surface area contributed by atoms with E-state index in [0.717, 1.165) is 19.3 Å². The number of benzene rings is 1. The molecule has 0 aliphatic carbocycles. The lowest BCUT2D eigenvalue weighted by atomic mass is 10.1. The number of ether oxygens (including phenoxy) is 2. The monoisotopic (exact) mass is 259 g/mol. The normalized spacial score (nSPS) is 12.6. The number of rotatable bonds is 5. The maximum Gasteiger partial charge on any atom is 0.251 e. The second-order valence-electron chi connectivity index (χ2n) is 4.28. The highest BCUT2D eigenvalue weighted by Crippen LogP contribution is 2.30. The van der Waals surface area contributed by atoms with Crippen molar-refractivity contribution in [3.8, 4) is 23.8 Å². The average molecular weight is 259 g/mol. The summed E-state index contributed by atoms with van der Waals surface area (Å²) in [4.78, 5) is 11.9. The first kappa shape index (κ1) is 13.3. The number of carbonyl (C=O) groups is 1. The van der Waals surface area contributed by atoms with Gasteiger partial charge in [0.15, 0.2) is 11.5 Å². The summed E-state index contributed by atoms with van der Waals surface area (Å²) < 4.78 is 10.9. The van der Waals surface area contributed by atoms with Crippen LogP contribution in [0, 0.1) is 12.3 Å². The molecular formula is C15H17NO3. The van der Waals surface area contributed by atoms with Gasteiger partial charge in [-0.25, -0.2) is 0 Å². The molecule has 1 amide bonds. The summed E-state index contributed by atoms with van der Waals surface area (Å²) in [6.07, 6.45) is 7.73. The van der Waals surface area contributed by atoms with Crippen LogP contribution in [0.3, 0.4) is 0 Å². The van der Waals surface area contributed by atoms with Crippen molar-refractivity contribution in [2.45, 2.75) is 19.3 Å². The van der Waals surface area contributed by atoms with Gasteiger partial charge in [0.2, 0.25) is 0 Å². The smallest absolute Gasteiger partial charge is 0.251 e. The maximum absolute atomic E-state index is 11.9. The Hall–Kier alpha value is -2.15. The molecule has 1 aliphatic heterocycles. The van der Waals surface area contributed by atoms with Crippen molar-refractivity contribution in [3.63, 3.8) is 0 Å². The molecule has 0 bridgehead atoms. The van der Waals surface area contributed by atoms with Crippen LogP contribution < -0.4 is 14.8 Å². The summed E-state index contributed by atoms with van der Waals surface area (Å²) in [5.41, 5.74) is 0.584. The molecule has 1 aromatic rings. The van der Waals surface area contributed by atoms with Crippen LogP contribution in [0.4, 0.5) is 0 Å². The summed E-state index contributed by atoms with van der Waals surface area (Å²) in [6.45, 7) is 1.70. The molecule has 1 aromatic carbocycles. The van der Waals surface area contributed by atoms with E-state index in [1.165, 1.54) is 0 Å². The minimum Gasteiger partial charge on any atom is -0.486 e. The van der Waals surface area contributed by atoms with Gasteiger partial charge in [-0.1, -0.05) is 0 Å². The standard InChI is InChI=1S/C15H17NO3/c1-2-3-4-5-8-16-15(17)12-6-7-13-14(11-12)19-10-9-18-13/h1,6-7,11H,3-5,8-10H2,(H,16,17). The van der Waals surface area contributed by atoms with Crippen molar-refractivity contribution >= 4 is 5.91 Å². The topological polar surface area (TPSA) is 47.6 Å². The molecule has 4 nitrogen and oxygen atoms in total. The summed E-state index contributed by atoms with van der Waals surface area (Å²) in [6, 6.07) is 5.22. The molecule has 0 fully saturated rings. The molecule has 1 N–H and O–H groups in total. The van der Waals surface area contributed by atoms with Crippen LogP contribution in [0.15, 0.2) is 18.2 Å². The molecule has 0 radical (unpaired) electrons. The van der Waals surface area contributed by atoms with Crippen molar-refractivity contribution in [1.82, 2.24) is 5.32 Å². The molecule has 0 unspecified atom stereocenters. The van der Waals surface area contributed by atoms with Gasteiger partial charge in [0.1, 0.15) is 13.2 Å². The minimum absolute atomic E-state index is 0.0994. The number of nitrogens with one attached hydrogen (secondary N) is 1. The van der Waals surface area contributed by atoms with Gasteiger partial charge in [-0.3, -0.25) is 4.79 Å². The van der Waals surface area contributed by atoms with Gasteiger partial charge >= 0.3 is 0 Å². The molecule has 19 heavy (non-hydrogen) atoms. The molecule has 0 saturated heterocycles. The van der Waals surface area contributed by atoms with Gasteiger partial charge in [-0.05, 0) is 31.0 Å². The fourth-order valence-corrected chi connectivity index (χ4v) is 1.84. The van der Waals surface area contributed by atoms with Gasteiger partial charge in [0.25, 0.3) is 5.91 Å². The van der Waals surface area contributed by atoms with Gasteiger partial charge in [0.05, 0.1) is 0 Å². The summed E-state index contributed by atoms with van der Waals surface area (Å²) in [5.74, 6) is 3.80. The number of hydrogen-bond acceptors (Lipinski definition) is 3. The quantitative estimate of drug-likeness (QED) is 0.650. The minimum atomic E-state index is -0.0994. The van der Waals surface area contributed by atoms with E-state index in [0.29, 0.717) is 36.8 Å². The second-order valence-corrected chi connectivity index (χ2v) is 4.28. The number of unbranched alkanes of at least 4 members (excludes halogenated alkanes) is 2. The predicted octanol–water partition coefficient (Wildman–Crippen LogP) is 1.99. The zero-order valence-corrected chi connectivity index (χ0v) is 10.8. The SMILES string of the molecule is C#CCCCCNC(=O)c1ccc2c(c1)OCCO2. The Morgan fingerprint density at radius 3 is 2.84 bits per heavy atom. The fraction of sp³-hybridized carbons (Fsp3) is 0.400. The third-order valence-corrected chi connectivity index (χ3v) is 2.84. The summed E-state index contributed by atoms with van der Waals surface area (Å²) >= 11 is 0. The van der Waals surface area contributed by atoms with Crippen LogP contribution in [-0.4, -0.2) is 25.7 Å². The van der Waals surface area contributed by atoms with Crippen LogP contribution in [0.5, 0.6) is 11.5 Å². The van der Waals surface area contributed by atoms with Crippen LogP contribution >= 0.6 is 0 Å². The highest BCUT2D eigenvalue weighted by atomic mass is 16.6. The Kier molecular flexibility index (Phi) is 4.68. The number of terminal acetylenes is 1. The highest BCUT2D eigenvalue weighted by molar-refractivity contribution is 5.94.